The Morgan fingerprint density at radius 1 is 1.29 bits per heavy atom. The van der Waals surface area contributed by atoms with E-state index in [-0.39, 0.29) is 6.04 Å². The second-order valence-corrected chi connectivity index (χ2v) is 8.75. The molecule has 0 bridgehead atoms. The normalized spacial score (nSPS) is 12.8. The Kier molecular flexibility index (Phi) is 4.94. The molecule has 2 N–H and O–H groups in total. The Labute approximate surface area is 139 Å². The van der Waals surface area contributed by atoms with Crippen molar-refractivity contribution < 1.29 is 0 Å². The van der Waals surface area contributed by atoms with E-state index in [1.165, 1.54) is 0 Å². The lowest BCUT2D eigenvalue weighted by atomic mass is 10.0. The second kappa shape index (κ2) is 5.88. The van der Waals surface area contributed by atoms with E-state index in [2.05, 4.69) is 54.5 Å². The minimum absolute atomic E-state index is 0.165. The average molecular weight is 507 g/mol. The number of rotatable bonds is 2. The minimum Gasteiger partial charge on any atom is -0.320 e. The predicted octanol–water partition coefficient (Wildman–Crippen LogP) is 5.58. The zero-order chi connectivity index (χ0) is 12.6. The van der Waals surface area contributed by atoms with Crippen LogP contribution >= 0.6 is 77.4 Å². The molecule has 0 aliphatic carbocycles. The van der Waals surface area contributed by atoms with Crippen molar-refractivity contribution in [1.29, 1.82) is 0 Å². The monoisotopic (exact) mass is 505 g/mol. The van der Waals surface area contributed by atoms with Gasteiger partial charge in [0.15, 0.2) is 0 Å². The molecule has 0 spiro atoms. The topological polar surface area (TPSA) is 26.0 Å². The first-order chi connectivity index (χ1) is 7.99. The third-order valence-electron chi connectivity index (χ3n) is 2.32. The highest BCUT2D eigenvalue weighted by atomic mass is 127. The Morgan fingerprint density at radius 3 is 2.53 bits per heavy atom. The van der Waals surface area contributed by atoms with Gasteiger partial charge in [-0.05, 0) is 83.8 Å². The molecule has 0 amide bonds. The van der Waals surface area contributed by atoms with Crippen LogP contribution in [0.1, 0.15) is 17.2 Å². The fraction of sp³-hybridized carbons (Fsp3) is 0.0909. The van der Waals surface area contributed by atoms with E-state index >= 15 is 0 Å². The van der Waals surface area contributed by atoms with Crippen LogP contribution < -0.4 is 5.73 Å². The van der Waals surface area contributed by atoms with E-state index in [0.29, 0.717) is 0 Å². The molecule has 1 unspecified atom stereocenters. The highest BCUT2D eigenvalue weighted by molar-refractivity contribution is 14.1. The number of hydrogen-bond acceptors (Lipinski definition) is 2. The molecular weight excluding hydrogens is 500 g/mol. The molecule has 2 rings (SSSR count). The van der Waals surface area contributed by atoms with Gasteiger partial charge in [-0.25, -0.2) is 0 Å². The quantitative estimate of drug-likeness (QED) is 0.528. The minimum atomic E-state index is -0.165. The van der Waals surface area contributed by atoms with Crippen LogP contribution in [-0.4, -0.2) is 0 Å². The number of hydrogen-bond donors (Lipinski definition) is 1. The van der Waals surface area contributed by atoms with Gasteiger partial charge < -0.3 is 5.73 Å². The first-order valence-corrected chi connectivity index (χ1v) is 8.50. The average Bonchev–Trinajstić information content (AvgIpc) is 2.61. The van der Waals surface area contributed by atoms with Gasteiger partial charge in [0.05, 0.1) is 18.6 Å². The van der Waals surface area contributed by atoms with E-state index < -0.39 is 0 Å². The van der Waals surface area contributed by atoms with Crippen LogP contribution in [0.2, 0.25) is 5.02 Å². The van der Waals surface area contributed by atoms with Crippen LogP contribution in [0, 0.1) is 3.57 Å². The molecule has 0 aliphatic heterocycles. The van der Waals surface area contributed by atoms with Gasteiger partial charge >= 0.3 is 0 Å². The summed E-state index contributed by atoms with van der Waals surface area (Å²) in [5.74, 6) is 0. The molecule has 1 atom stereocenters. The molecule has 1 aromatic carbocycles. The van der Waals surface area contributed by atoms with Crippen molar-refractivity contribution in [3.63, 3.8) is 0 Å². The van der Waals surface area contributed by atoms with E-state index in [4.69, 9.17) is 17.3 Å². The third kappa shape index (κ3) is 3.25. The van der Waals surface area contributed by atoms with Gasteiger partial charge in [-0.3, -0.25) is 0 Å². The fourth-order valence-electron chi connectivity index (χ4n) is 1.45. The van der Waals surface area contributed by atoms with Crippen molar-refractivity contribution in [3.05, 3.63) is 51.6 Å². The zero-order valence-corrected chi connectivity index (χ0v) is 15.3. The van der Waals surface area contributed by atoms with Crippen molar-refractivity contribution in [3.8, 4) is 0 Å². The lowest BCUT2D eigenvalue weighted by Crippen LogP contribution is -2.11. The van der Waals surface area contributed by atoms with Gasteiger partial charge in [-0.2, -0.15) is 0 Å². The van der Waals surface area contributed by atoms with Crippen LogP contribution in [0.15, 0.2) is 31.8 Å². The molecule has 1 nitrogen and oxygen atoms in total. The van der Waals surface area contributed by atoms with Gasteiger partial charge in [-0.1, -0.05) is 17.7 Å². The van der Waals surface area contributed by atoms with Crippen LogP contribution in [-0.2, 0) is 0 Å². The van der Waals surface area contributed by atoms with Gasteiger partial charge in [0.25, 0.3) is 0 Å². The molecule has 1 heterocycles. The summed E-state index contributed by atoms with van der Waals surface area (Å²) in [5.41, 5.74) is 8.33. The smallest absolute Gasteiger partial charge is 0.0761 e. The van der Waals surface area contributed by atoms with E-state index in [1.54, 1.807) is 11.3 Å². The summed E-state index contributed by atoms with van der Waals surface area (Å²) in [6.45, 7) is 0. The van der Waals surface area contributed by atoms with Crippen LogP contribution in [0.5, 0.6) is 0 Å². The largest absolute Gasteiger partial charge is 0.320 e. The predicted molar refractivity (Wildman–Crippen MR) is 89.9 cm³/mol. The highest BCUT2D eigenvalue weighted by Crippen LogP contribution is 2.37. The van der Waals surface area contributed by atoms with Crippen molar-refractivity contribution in [2.75, 3.05) is 0 Å². The summed E-state index contributed by atoms with van der Waals surface area (Å²) in [5, 5.41) is 0.740. The Balaban J connectivity index is 2.40. The van der Waals surface area contributed by atoms with Gasteiger partial charge in [0.2, 0.25) is 0 Å². The molecule has 0 fully saturated rings. The summed E-state index contributed by atoms with van der Waals surface area (Å²) in [7, 11) is 0. The highest BCUT2D eigenvalue weighted by Gasteiger charge is 2.16. The first-order valence-electron chi connectivity index (χ1n) is 4.64. The van der Waals surface area contributed by atoms with Crippen molar-refractivity contribution >= 4 is 77.4 Å². The van der Waals surface area contributed by atoms with Gasteiger partial charge in [-0.15, -0.1) is 11.3 Å². The number of thiophene rings is 1. The summed E-state index contributed by atoms with van der Waals surface area (Å²) in [6, 6.07) is 7.78. The number of nitrogens with two attached hydrogens (primary N) is 1. The molecule has 0 radical (unpaired) electrons. The molecular formula is C11H7Br2ClINS. The molecule has 0 aliphatic rings. The molecule has 0 saturated heterocycles. The van der Waals surface area contributed by atoms with E-state index in [9.17, 15) is 0 Å². The van der Waals surface area contributed by atoms with Crippen molar-refractivity contribution in [1.82, 2.24) is 0 Å². The second-order valence-electron chi connectivity index (χ2n) is 3.43. The SMILES string of the molecule is NC(c1ccc(I)c(Cl)c1)c1cc(Br)sc1Br. The molecule has 0 saturated carbocycles. The molecule has 2 aromatic rings. The van der Waals surface area contributed by atoms with Crippen molar-refractivity contribution in [2.24, 2.45) is 5.73 Å². The lowest BCUT2D eigenvalue weighted by molar-refractivity contribution is 0.872. The summed E-state index contributed by atoms with van der Waals surface area (Å²) in [4.78, 5) is 0. The fourth-order valence-corrected chi connectivity index (χ4v) is 4.90. The standard InChI is InChI=1S/C11H7Br2ClINS/c12-9-4-6(11(13)17-9)10(16)5-1-2-8(15)7(14)3-5/h1-4,10H,16H2. The van der Waals surface area contributed by atoms with Gasteiger partial charge in [0.1, 0.15) is 0 Å². The van der Waals surface area contributed by atoms with Crippen LogP contribution in [0.25, 0.3) is 0 Å². The molecule has 17 heavy (non-hydrogen) atoms. The maximum atomic E-state index is 6.24. The van der Waals surface area contributed by atoms with Gasteiger partial charge in [0, 0.05) is 3.57 Å². The zero-order valence-electron chi connectivity index (χ0n) is 8.38. The molecule has 1 aromatic heterocycles. The Morgan fingerprint density at radius 2 is 2.00 bits per heavy atom. The lowest BCUT2D eigenvalue weighted by Gasteiger charge is -2.12. The number of halogens is 4. The number of benzene rings is 1. The Hall–Kier alpha value is 0.860. The van der Waals surface area contributed by atoms with Crippen LogP contribution in [0.4, 0.5) is 0 Å². The first kappa shape index (κ1) is 14.3. The van der Waals surface area contributed by atoms with E-state index in [1.807, 2.05) is 24.3 Å². The molecule has 6 heteroatoms. The summed E-state index contributed by atoms with van der Waals surface area (Å²) in [6.07, 6.45) is 0. The van der Waals surface area contributed by atoms with E-state index in [0.717, 1.165) is 27.3 Å². The summed E-state index contributed by atoms with van der Waals surface area (Å²) >= 11 is 16.9. The maximum absolute atomic E-state index is 6.24. The Bertz CT molecular complexity index is 558. The maximum Gasteiger partial charge on any atom is 0.0761 e. The summed E-state index contributed by atoms with van der Waals surface area (Å²) < 4.78 is 3.14. The van der Waals surface area contributed by atoms with Crippen molar-refractivity contribution in [2.45, 2.75) is 6.04 Å². The third-order valence-corrected chi connectivity index (χ3v) is 6.28. The molecule has 90 valence electrons. The van der Waals surface area contributed by atoms with Crippen LogP contribution in [0.3, 0.4) is 0 Å².